The molecule has 0 radical (unpaired) electrons. The Kier molecular flexibility index (Phi) is 17.1. The van der Waals surface area contributed by atoms with Crippen LogP contribution in [0.15, 0.2) is 0 Å². The molecule has 0 fully saturated rings. The van der Waals surface area contributed by atoms with E-state index in [1.165, 1.54) is 51.4 Å². The predicted molar refractivity (Wildman–Crippen MR) is 105 cm³/mol. The van der Waals surface area contributed by atoms with Gasteiger partial charge in [-0.15, -0.1) is 0 Å². The Labute approximate surface area is 152 Å². The van der Waals surface area contributed by atoms with E-state index in [0.29, 0.717) is 12.3 Å². The van der Waals surface area contributed by atoms with Crippen molar-refractivity contribution < 1.29 is 13.6 Å². The molecule has 0 aliphatic carbocycles. The number of hydrogen-bond acceptors (Lipinski definition) is 3. The Hall–Kier alpha value is -0.393. The highest BCUT2D eigenvalue weighted by Crippen LogP contribution is 2.11. The number of carbonyl (C=O) groups is 1. The summed E-state index contributed by atoms with van der Waals surface area (Å²) < 4.78 is 10.6. The highest BCUT2D eigenvalue weighted by Gasteiger charge is 2.11. The summed E-state index contributed by atoms with van der Waals surface area (Å²) in [6.07, 6.45) is 14.5. The fourth-order valence-corrected chi connectivity index (χ4v) is 4.18. The molecule has 4 nitrogen and oxygen atoms in total. The van der Waals surface area contributed by atoms with Gasteiger partial charge in [0.15, 0.2) is 0 Å². The Bertz CT molecular complexity index is 286. The number of hydrogen-bond donors (Lipinski definition) is 0. The highest BCUT2D eigenvalue weighted by atomic mass is 28.3. The van der Waals surface area contributed by atoms with Gasteiger partial charge in [-0.3, -0.25) is 4.79 Å². The fraction of sp³-hybridized carbons (Fsp3) is 0.947. The predicted octanol–water partition coefficient (Wildman–Crippen LogP) is 4.66. The van der Waals surface area contributed by atoms with Crippen LogP contribution in [0.1, 0.15) is 84.0 Å². The van der Waals surface area contributed by atoms with Crippen molar-refractivity contribution in [2.75, 3.05) is 27.8 Å². The maximum atomic E-state index is 12.1. The largest absolute Gasteiger partial charge is 0.400 e. The lowest BCUT2D eigenvalue weighted by molar-refractivity contribution is -0.130. The molecule has 1 amide bonds. The van der Waals surface area contributed by atoms with Crippen molar-refractivity contribution in [1.29, 1.82) is 0 Å². The zero-order chi connectivity index (χ0) is 18.0. The zero-order valence-electron chi connectivity index (χ0n) is 16.6. The van der Waals surface area contributed by atoms with Gasteiger partial charge in [0.25, 0.3) is 0 Å². The van der Waals surface area contributed by atoms with E-state index < -0.39 is 9.28 Å². The maximum absolute atomic E-state index is 12.1. The SMILES string of the molecule is CCCCCCCCCCCC(=O)N(C)CCCC[SiH](OC)OC. The molecular formula is C19H41NO3Si. The van der Waals surface area contributed by atoms with Crippen LogP contribution < -0.4 is 0 Å². The van der Waals surface area contributed by atoms with Gasteiger partial charge in [0.05, 0.1) is 0 Å². The van der Waals surface area contributed by atoms with E-state index in [2.05, 4.69) is 6.92 Å². The topological polar surface area (TPSA) is 38.8 Å². The first-order chi connectivity index (χ1) is 11.7. The van der Waals surface area contributed by atoms with Crippen LogP contribution in [0.25, 0.3) is 0 Å². The van der Waals surface area contributed by atoms with Crippen molar-refractivity contribution in [2.45, 2.75) is 90.0 Å². The molecule has 5 heteroatoms. The molecule has 0 aliphatic heterocycles. The molecule has 0 saturated heterocycles. The zero-order valence-corrected chi connectivity index (χ0v) is 17.8. The van der Waals surface area contributed by atoms with Crippen molar-refractivity contribution in [3.05, 3.63) is 0 Å². The molecule has 0 heterocycles. The molecule has 0 aliphatic rings. The Balaban J connectivity index is 3.46. The van der Waals surface area contributed by atoms with Crippen molar-refractivity contribution in [1.82, 2.24) is 4.90 Å². The van der Waals surface area contributed by atoms with Crippen LogP contribution >= 0.6 is 0 Å². The van der Waals surface area contributed by atoms with Crippen LogP contribution in [-0.2, 0) is 13.6 Å². The average Bonchev–Trinajstić information content (AvgIpc) is 2.60. The van der Waals surface area contributed by atoms with E-state index in [1.807, 2.05) is 11.9 Å². The monoisotopic (exact) mass is 359 g/mol. The van der Waals surface area contributed by atoms with E-state index in [4.69, 9.17) is 8.85 Å². The summed E-state index contributed by atoms with van der Waals surface area (Å²) in [6.45, 7) is 3.11. The minimum absolute atomic E-state index is 0.297. The smallest absolute Gasteiger partial charge is 0.320 e. The third-order valence-electron chi connectivity index (χ3n) is 4.63. The average molecular weight is 360 g/mol. The normalized spacial score (nSPS) is 11.2. The number of rotatable bonds is 17. The minimum atomic E-state index is -1.42. The molecule has 0 atom stereocenters. The molecule has 0 aromatic heterocycles. The Morgan fingerprint density at radius 3 is 1.92 bits per heavy atom. The lowest BCUT2D eigenvalue weighted by Crippen LogP contribution is -2.27. The fourth-order valence-electron chi connectivity index (χ4n) is 2.89. The van der Waals surface area contributed by atoms with Gasteiger partial charge < -0.3 is 13.8 Å². The molecule has 0 unspecified atom stereocenters. The molecular weight excluding hydrogens is 318 g/mol. The van der Waals surface area contributed by atoms with Crippen LogP contribution in [0.3, 0.4) is 0 Å². The molecule has 0 bridgehead atoms. The van der Waals surface area contributed by atoms with Crippen LogP contribution in [0.4, 0.5) is 0 Å². The molecule has 24 heavy (non-hydrogen) atoms. The second kappa shape index (κ2) is 17.4. The molecule has 0 aromatic rings. The number of carbonyl (C=O) groups excluding carboxylic acids is 1. The first kappa shape index (κ1) is 23.6. The maximum Gasteiger partial charge on any atom is 0.320 e. The van der Waals surface area contributed by atoms with Crippen molar-refractivity contribution in [3.8, 4) is 0 Å². The van der Waals surface area contributed by atoms with Gasteiger partial charge in [0, 0.05) is 34.2 Å². The van der Waals surface area contributed by atoms with E-state index in [0.717, 1.165) is 31.9 Å². The van der Waals surface area contributed by atoms with Gasteiger partial charge in [-0.2, -0.15) is 0 Å². The van der Waals surface area contributed by atoms with Gasteiger partial charge >= 0.3 is 9.28 Å². The highest BCUT2D eigenvalue weighted by molar-refractivity contribution is 6.44. The minimum Gasteiger partial charge on any atom is -0.400 e. The van der Waals surface area contributed by atoms with Crippen LogP contribution in [-0.4, -0.2) is 47.9 Å². The molecule has 0 spiro atoms. The quantitative estimate of drug-likeness (QED) is 0.280. The number of amides is 1. The Morgan fingerprint density at radius 2 is 1.38 bits per heavy atom. The first-order valence-corrected chi connectivity index (χ1v) is 11.7. The Morgan fingerprint density at radius 1 is 0.833 bits per heavy atom. The van der Waals surface area contributed by atoms with E-state index in [1.54, 1.807) is 14.2 Å². The second-order valence-electron chi connectivity index (χ2n) is 6.79. The lowest BCUT2D eigenvalue weighted by Gasteiger charge is -2.17. The van der Waals surface area contributed by atoms with E-state index in [-0.39, 0.29) is 0 Å². The van der Waals surface area contributed by atoms with Crippen molar-refractivity contribution in [2.24, 2.45) is 0 Å². The summed E-state index contributed by atoms with van der Waals surface area (Å²) in [7, 11) is 3.95. The summed E-state index contributed by atoms with van der Waals surface area (Å²) >= 11 is 0. The number of unbranched alkanes of at least 4 members (excludes halogenated alkanes) is 9. The van der Waals surface area contributed by atoms with Gasteiger partial charge in [-0.1, -0.05) is 58.3 Å². The van der Waals surface area contributed by atoms with Crippen molar-refractivity contribution in [3.63, 3.8) is 0 Å². The number of nitrogens with zero attached hydrogens (tertiary/aromatic N) is 1. The molecule has 144 valence electrons. The van der Waals surface area contributed by atoms with Gasteiger partial charge in [-0.25, -0.2) is 0 Å². The van der Waals surface area contributed by atoms with Crippen molar-refractivity contribution >= 4 is 15.2 Å². The molecule has 0 saturated carbocycles. The van der Waals surface area contributed by atoms with E-state index in [9.17, 15) is 4.79 Å². The van der Waals surface area contributed by atoms with Crippen LogP contribution in [0.5, 0.6) is 0 Å². The van der Waals surface area contributed by atoms with Crippen LogP contribution in [0, 0.1) is 0 Å². The summed E-state index contributed by atoms with van der Waals surface area (Å²) in [5.41, 5.74) is 0. The van der Waals surface area contributed by atoms with Gasteiger partial charge in [0.1, 0.15) is 0 Å². The molecule has 0 rings (SSSR count). The van der Waals surface area contributed by atoms with E-state index >= 15 is 0 Å². The first-order valence-electron chi connectivity index (χ1n) is 9.95. The third kappa shape index (κ3) is 14.0. The summed E-state index contributed by atoms with van der Waals surface area (Å²) in [6, 6.07) is 1.02. The third-order valence-corrected chi connectivity index (χ3v) is 6.56. The summed E-state index contributed by atoms with van der Waals surface area (Å²) in [4.78, 5) is 14.0. The lowest BCUT2D eigenvalue weighted by atomic mass is 10.1. The second-order valence-corrected chi connectivity index (χ2v) is 9.17. The van der Waals surface area contributed by atoms with Gasteiger partial charge in [0.2, 0.25) is 5.91 Å². The van der Waals surface area contributed by atoms with Crippen LogP contribution in [0.2, 0.25) is 6.04 Å². The molecule has 0 N–H and O–H groups in total. The summed E-state index contributed by atoms with van der Waals surface area (Å²) in [5.74, 6) is 0.297. The standard InChI is InChI=1S/C19H41NO3Si/c1-5-6-7-8-9-10-11-12-13-16-19(21)20(2)17-14-15-18-24(22-3)23-4/h24H,5-18H2,1-4H3. The van der Waals surface area contributed by atoms with Gasteiger partial charge in [-0.05, 0) is 25.3 Å². The summed E-state index contributed by atoms with van der Waals surface area (Å²) in [5, 5.41) is 0. The molecule has 0 aromatic carbocycles.